The first-order chi connectivity index (χ1) is 11.8. The third kappa shape index (κ3) is 4.80. The van der Waals surface area contributed by atoms with Crippen molar-refractivity contribution in [2.45, 2.75) is 19.4 Å². The topological polar surface area (TPSA) is 107 Å². The van der Waals surface area contributed by atoms with E-state index in [0.29, 0.717) is 14.8 Å². The summed E-state index contributed by atoms with van der Waals surface area (Å²) in [6.45, 7) is 1.41. The Kier molecular flexibility index (Phi) is 6.16. The molecule has 1 fully saturated rings. The molecule has 7 nitrogen and oxygen atoms in total. The van der Waals surface area contributed by atoms with Crippen LogP contribution in [0.4, 0.5) is 0 Å². The minimum atomic E-state index is -1.13. The highest BCUT2D eigenvalue weighted by atomic mass is 32.2. The van der Waals surface area contributed by atoms with Gasteiger partial charge in [0.1, 0.15) is 16.1 Å². The normalized spacial score (nSPS) is 17.0. The van der Waals surface area contributed by atoms with Crippen molar-refractivity contribution in [3.05, 3.63) is 34.7 Å². The van der Waals surface area contributed by atoms with Gasteiger partial charge >= 0.3 is 5.97 Å². The van der Waals surface area contributed by atoms with E-state index < -0.39 is 17.9 Å². The molecule has 132 valence electrons. The molecule has 9 heteroatoms. The number of thiocarbonyl (C=S) groups is 1. The van der Waals surface area contributed by atoms with Crippen molar-refractivity contribution in [2.24, 2.45) is 0 Å². The van der Waals surface area contributed by atoms with E-state index in [4.69, 9.17) is 17.3 Å². The van der Waals surface area contributed by atoms with Crippen molar-refractivity contribution in [1.82, 2.24) is 10.2 Å². The molecule has 1 aliphatic rings. The first-order valence-electron chi connectivity index (χ1n) is 7.35. The van der Waals surface area contributed by atoms with Gasteiger partial charge in [0.2, 0.25) is 5.91 Å². The summed E-state index contributed by atoms with van der Waals surface area (Å²) in [7, 11) is 0. The third-order valence-electron chi connectivity index (χ3n) is 3.41. The quantitative estimate of drug-likeness (QED) is 0.508. The number of rotatable bonds is 6. The number of carboxylic acid groups (broad SMARTS) is 1. The van der Waals surface area contributed by atoms with Gasteiger partial charge in [-0.05, 0) is 19.1 Å². The number of phenols is 1. The largest absolute Gasteiger partial charge is 0.507 e. The number of amides is 2. The number of thioether (sulfide) groups is 1. The Balaban J connectivity index is 2.01. The number of aromatic hydroxyl groups is 1. The summed E-state index contributed by atoms with van der Waals surface area (Å²) in [5.74, 6) is -1.91. The molecule has 1 unspecified atom stereocenters. The monoisotopic (exact) mass is 380 g/mol. The number of carboxylic acids is 1. The van der Waals surface area contributed by atoms with Gasteiger partial charge in [-0.2, -0.15) is 0 Å². The Morgan fingerprint density at radius 2 is 2.08 bits per heavy atom. The molecule has 0 spiro atoms. The molecule has 2 amide bonds. The Bertz CT molecular complexity index is 763. The second-order valence-corrected chi connectivity index (χ2v) is 6.95. The lowest BCUT2D eigenvalue weighted by atomic mass is 10.2. The first kappa shape index (κ1) is 18.9. The average Bonchev–Trinajstić information content (AvgIpc) is 2.81. The summed E-state index contributed by atoms with van der Waals surface area (Å²) >= 11 is 6.25. The van der Waals surface area contributed by atoms with E-state index in [1.807, 2.05) is 0 Å². The van der Waals surface area contributed by atoms with Gasteiger partial charge in [-0.1, -0.05) is 42.2 Å². The highest BCUT2D eigenvalue weighted by molar-refractivity contribution is 8.26. The summed E-state index contributed by atoms with van der Waals surface area (Å²) in [5, 5.41) is 20.9. The van der Waals surface area contributed by atoms with Gasteiger partial charge in [0, 0.05) is 18.5 Å². The summed E-state index contributed by atoms with van der Waals surface area (Å²) in [6, 6.07) is 5.59. The average molecular weight is 380 g/mol. The van der Waals surface area contributed by atoms with Crippen LogP contribution in [-0.2, 0) is 14.4 Å². The van der Waals surface area contributed by atoms with E-state index in [1.54, 1.807) is 24.3 Å². The standard InChI is InChI=1S/C16H16N2O5S2/c1-9(15(22)23)17-13(20)6-7-18-14(21)12(25-16(18)24)8-10-4-2-3-5-11(10)19/h2-5,8-9,19H,6-7H2,1H3,(H,17,20)(H,22,23)/b12-8-. The van der Waals surface area contributed by atoms with Crippen LogP contribution in [-0.4, -0.2) is 49.8 Å². The fourth-order valence-corrected chi connectivity index (χ4v) is 3.33. The molecule has 25 heavy (non-hydrogen) atoms. The van der Waals surface area contributed by atoms with E-state index >= 15 is 0 Å². The van der Waals surface area contributed by atoms with E-state index in [2.05, 4.69) is 5.32 Å². The minimum Gasteiger partial charge on any atom is -0.507 e. The summed E-state index contributed by atoms with van der Waals surface area (Å²) in [5.41, 5.74) is 0.496. The molecule has 3 N–H and O–H groups in total. The molecule has 0 aliphatic carbocycles. The van der Waals surface area contributed by atoms with Gasteiger partial charge in [0.25, 0.3) is 5.91 Å². The number of phenolic OH excluding ortho intramolecular Hbond substituents is 1. The van der Waals surface area contributed by atoms with Gasteiger partial charge in [0.05, 0.1) is 4.91 Å². The van der Waals surface area contributed by atoms with Gasteiger partial charge in [0.15, 0.2) is 0 Å². The lowest BCUT2D eigenvalue weighted by molar-refractivity contribution is -0.141. The Hall–Kier alpha value is -2.39. The number of hydrogen-bond donors (Lipinski definition) is 3. The number of hydrogen-bond acceptors (Lipinski definition) is 6. The van der Waals surface area contributed by atoms with Crippen LogP contribution in [0.3, 0.4) is 0 Å². The van der Waals surface area contributed by atoms with Crippen molar-refractivity contribution >= 4 is 52.2 Å². The molecule has 0 bridgehead atoms. The fraction of sp³-hybridized carbons (Fsp3) is 0.250. The smallest absolute Gasteiger partial charge is 0.325 e. The Labute approximate surface area is 153 Å². The molecular weight excluding hydrogens is 364 g/mol. The molecule has 1 saturated heterocycles. The zero-order valence-electron chi connectivity index (χ0n) is 13.3. The van der Waals surface area contributed by atoms with E-state index in [9.17, 15) is 19.5 Å². The van der Waals surface area contributed by atoms with Crippen LogP contribution >= 0.6 is 24.0 Å². The SMILES string of the molecule is CC(NC(=O)CCN1C(=O)/C(=C/c2ccccc2O)SC1=S)C(=O)O. The first-order valence-corrected chi connectivity index (χ1v) is 8.57. The fourth-order valence-electron chi connectivity index (χ4n) is 2.03. The minimum absolute atomic E-state index is 0.0507. The number of nitrogens with one attached hydrogen (secondary N) is 1. The molecule has 1 aliphatic heterocycles. The van der Waals surface area contributed by atoms with Crippen molar-refractivity contribution in [1.29, 1.82) is 0 Å². The predicted molar refractivity (Wildman–Crippen MR) is 97.8 cm³/mol. The maximum Gasteiger partial charge on any atom is 0.325 e. The van der Waals surface area contributed by atoms with Crippen LogP contribution in [0.5, 0.6) is 5.75 Å². The van der Waals surface area contributed by atoms with E-state index in [-0.39, 0.29) is 24.6 Å². The summed E-state index contributed by atoms with van der Waals surface area (Å²) in [4.78, 5) is 36.5. The van der Waals surface area contributed by atoms with Gasteiger partial charge in [-0.3, -0.25) is 19.3 Å². The number of carbonyl (C=O) groups is 3. The number of aliphatic carboxylic acids is 1. The lowest BCUT2D eigenvalue weighted by Crippen LogP contribution is -2.40. The van der Waals surface area contributed by atoms with Crippen LogP contribution in [0.2, 0.25) is 0 Å². The Morgan fingerprint density at radius 3 is 2.72 bits per heavy atom. The second-order valence-electron chi connectivity index (χ2n) is 5.27. The molecule has 2 rings (SSSR count). The van der Waals surface area contributed by atoms with Crippen LogP contribution in [0.15, 0.2) is 29.2 Å². The molecule has 1 aromatic carbocycles. The molecule has 0 saturated carbocycles. The third-order valence-corrected chi connectivity index (χ3v) is 4.79. The van der Waals surface area contributed by atoms with Gasteiger partial charge in [-0.25, -0.2) is 0 Å². The highest BCUT2D eigenvalue weighted by Gasteiger charge is 2.32. The number of benzene rings is 1. The lowest BCUT2D eigenvalue weighted by Gasteiger charge is -2.15. The second kappa shape index (κ2) is 8.13. The highest BCUT2D eigenvalue weighted by Crippen LogP contribution is 2.33. The van der Waals surface area contributed by atoms with Crippen molar-refractivity contribution in [2.75, 3.05) is 6.54 Å². The van der Waals surface area contributed by atoms with Gasteiger partial charge < -0.3 is 15.5 Å². The van der Waals surface area contributed by atoms with E-state index in [1.165, 1.54) is 17.9 Å². The van der Waals surface area contributed by atoms with Crippen LogP contribution < -0.4 is 5.32 Å². The molecule has 1 heterocycles. The zero-order chi connectivity index (χ0) is 18.6. The van der Waals surface area contributed by atoms with Gasteiger partial charge in [-0.15, -0.1) is 0 Å². The molecule has 1 aromatic rings. The number of carbonyl (C=O) groups excluding carboxylic acids is 2. The van der Waals surface area contributed by atoms with E-state index in [0.717, 1.165) is 11.8 Å². The molecular formula is C16H16N2O5S2. The van der Waals surface area contributed by atoms with Crippen LogP contribution in [0, 0.1) is 0 Å². The predicted octanol–water partition coefficient (Wildman–Crippen LogP) is 1.57. The maximum atomic E-state index is 12.4. The Morgan fingerprint density at radius 1 is 1.40 bits per heavy atom. The van der Waals surface area contributed by atoms with Crippen molar-refractivity contribution in [3.63, 3.8) is 0 Å². The number of para-hydroxylation sites is 1. The molecule has 0 radical (unpaired) electrons. The molecule has 0 aromatic heterocycles. The molecule has 1 atom stereocenters. The van der Waals surface area contributed by atoms with Crippen molar-refractivity contribution in [3.8, 4) is 5.75 Å². The summed E-state index contributed by atoms with van der Waals surface area (Å²) < 4.78 is 0.311. The van der Waals surface area contributed by atoms with Crippen molar-refractivity contribution < 1.29 is 24.6 Å². The van der Waals surface area contributed by atoms with Crippen LogP contribution in [0.1, 0.15) is 18.9 Å². The van der Waals surface area contributed by atoms with Crippen LogP contribution in [0.25, 0.3) is 6.08 Å². The maximum absolute atomic E-state index is 12.4. The number of nitrogens with zero attached hydrogens (tertiary/aromatic N) is 1. The summed E-state index contributed by atoms with van der Waals surface area (Å²) in [6.07, 6.45) is 1.48. The zero-order valence-corrected chi connectivity index (χ0v) is 14.9.